The third kappa shape index (κ3) is 5.28. The van der Waals surface area contributed by atoms with Gasteiger partial charge in [-0.2, -0.15) is 5.10 Å². The Bertz CT molecular complexity index is 1610. The monoisotopic (exact) mass is 542 g/mol. The first kappa shape index (κ1) is 25.2. The normalized spacial score (nSPS) is 14.3. The summed E-state index contributed by atoms with van der Waals surface area (Å²) in [4.78, 5) is 18.9. The van der Waals surface area contributed by atoms with E-state index in [1.54, 1.807) is 18.5 Å². The Labute approximate surface area is 230 Å². The van der Waals surface area contributed by atoms with Crippen LogP contribution in [0.1, 0.15) is 13.8 Å². The highest BCUT2D eigenvalue weighted by Crippen LogP contribution is 2.33. The molecule has 2 N–H and O–H groups in total. The standard InChI is InChI=1S/C29H28ClFN8/c1-18(2)38-9-11-39(12-10-38)21-4-8-28(33-16-21)35-20-14-27-26(32-15-20)7-6-25(36-27)23-17-34-37-29(23)22-13-19(30)3-5-24(22)31/h3-8,13-18H,9-12H2,1-2H3,(H,33,35)(H,34,37). The highest BCUT2D eigenvalue weighted by molar-refractivity contribution is 6.30. The Morgan fingerprint density at radius 1 is 0.923 bits per heavy atom. The summed E-state index contributed by atoms with van der Waals surface area (Å²) in [6.07, 6.45) is 5.37. The minimum atomic E-state index is -0.405. The number of nitrogens with zero attached hydrogens (tertiary/aromatic N) is 6. The highest BCUT2D eigenvalue weighted by atomic mass is 35.5. The lowest BCUT2D eigenvalue weighted by Crippen LogP contribution is -2.48. The summed E-state index contributed by atoms with van der Waals surface area (Å²) in [5.74, 6) is 0.323. The van der Waals surface area contributed by atoms with Crippen LogP contribution in [-0.2, 0) is 0 Å². The fourth-order valence-electron chi connectivity index (χ4n) is 4.89. The minimum Gasteiger partial charge on any atom is -0.368 e. The number of rotatable bonds is 6. The maximum atomic E-state index is 14.6. The van der Waals surface area contributed by atoms with Gasteiger partial charge in [0.25, 0.3) is 0 Å². The first-order valence-corrected chi connectivity index (χ1v) is 13.3. The van der Waals surface area contributed by atoms with E-state index in [1.165, 1.54) is 12.1 Å². The van der Waals surface area contributed by atoms with E-state index in [2.05, 4.69) is 55.2 Å². The summed E-state index contributed by atoms with van der Waals surface area (Å²) < 4.78 is 14.6. The van der Waals surface area contributed by atoms with Crippen LogP contribution in [-0.4, -0.2) is 62.3 Å². The van der Waals surface area contributed by atoms with Gasteiger partial charge in [-0.05, 0) is 62.4 Å². The molecule has 0 aliphatic carbocycles. The van der Waals surface area contributed by atoms with Gasteiger partial charge in [-0.3, -0.25) is 15.0 Å². The predicted octanol–water partition coefficient (Wildman–Crippen LogP) is 6.15. The molecule has 1 aliphatic rings. The zero-order valence-corrected chi connectivity index (χ0v) is 22.5. The van der Waals surface area contributed by atoms with Gasteiger partial charge in [0, 0.05) is 54.6 Å². The van der Waals surface area contributed by atoms with Crippen LogP contribution in [0.5, 0.6) is 0 Å². The maximum absolute atomic E-state index is 14.6. The molecule has 0 saturated carbocycles. The van der Waals surface area contributed by atoms with Gasteiger partial charge in [0.1, 0.15) is 17.3 Å². The molecule has 6 rings (SSSR count). The van der Waals surface area contributed by atoms with Crippen LogP contribution < -0.4 is 10.2 Å². The van der Waals surface area contributed by atoms with E-state index < -0.39 is 5.82 Å². The number of halogens is 2. The number of hydrogen-bond donors (Lipinski definition) is 2. The van der Waals surface area contributed by atoms with E-state index in [-0.39, 0.29) is 0 Å². The molecule has 0 bridgehead atoms. The molecule has 1 fully saturated rings. The van der Waals surface area contributed by atoms with Crippen molar-refractivity contribution in [2.24, 2.45) is 0 Å². The van der Waals surface area contributed by atoms with Gasteiger partial charge in [-0.15, -0.1) is 0 Å². The molecular weight excluding hydrogens is 515 g/mol. The Balaban J connectivity index is 1.21. The molecule has 4 aromatic heterocycles. The summed E-state index contributed by atoms with van der Waals surface area (Å²) in [6.45, 7) is 8.60. The largest absolute Gasteiger partial charge is 0.368 e. The van der Waals surface area contributed by atoms with E-state index >= 15 is 0 Å². The van der Waals surface area contributed by atoms with Crippen LogP contribution >= 0.6 is 11.6 Å². The molecule has 8 nitrogen and oxygen atoms in total. The molecule has 198 valence electrons. The zero-order valence-electron chi connectivity index (χ0n) is 21.7. The number of H-pyrrole nitrogens is 1. The second kappa shape index (κ2) is 10.6. The summed E-state index contributed by atoms with van der Waals surface area (Å²) >= 11 is 6.11. The Hall–Kier alpha value is -4.08. The van der Waals surface area contributed by atoms with Crippen molar-refractivity contribution in [2.45, 2.75) is 19.9 Å². The average Bonchev–Trinajstić information content (AvgIpc) is 3.44. The third-order valence-corrected chi connectivity index (χ3v) is 7.30. The number of hydrogen-bond acceptors (Lipinski definition) is 7. The van der Waals surface area contributed by atoms with Gasteiger partial charge >= 0.3 is 0 Å². The molecule has 10 heteroatoms. The SMILES string of the molecule is CC(C)N1CCN(c2ccc(Nc3cnc4ccc(-c5c[nH]nc5-c5cc(Cl)ccc5F)nc4c3)nc2)CC1. The molecule has 0 spiro atoms. The van der Waals surface area contributed by atoms with Gasteiger partial charge in [-0.25, -0.2) is 14.4 Å². The fourth-order valence-corrected chi connectivity index (χ4v) is 5.06. The van der Waals surface area contributed by atoms with E-state index in [0.717, 1.165) is 48.9 Å². The summed E-state index contributed by atoms with van der Waals surface area (Å²) in [6, 6.07) is 14.7. The quantitative estimate of drug-likeness (QED) is 0.266. The van der Waals surface area contributed by atoms with Crippen LogP contribution in [0.3, 0.4) is 0 Å². The second-order valence-electron chi connectivity index (χ2n) is 9.87. The molecule has 1 aromatic carbocycles. The summed E-state index contributed by atoms with van der Waals surface area (Å²) in [7, 11) is 0. The van der Waals surface area contributed by atoms with Crippen molar-refractivity contribution >= 4 is 39.8 Å². The van der Waals surface area contributed by atoms with Crippen molar-refractivity contribution in [1.29, 1.82) is 0 Å². The molecule has 1 aliphatic heterocycles. The van der Waals surface area contributed by atoms with Crippen molar-refractivity contribution in [3.8, 4) is 22.5 Å². The lowest BCUT2D eigenvalue weighted by molar-refractivity contribution is 0.209. The number of aromatic amines is 1. The number of anilines is 3. The molecule has 39 heavy (non-hydrogen) atoms. The maximum Gasteiger partial charge on any atom is 0.132 e. The Morgan fingerprint density at radius 3 is 2.54 bits per heavy atom. The molecule has 5 aromatic rings. The molecule has 0 atom stereocenters. The van der Waals surface area contributed by atoms with Crippen LogP contribution in [0.4, 0.5) is 21.6 Å². The average molecular weight is 543 g/mol. The van der Waals surface area contributed by atoms with Gasteiger partial charge in [0.15, 0.2) is 0 Å². The smallest absolute Gasteiger partial charge is 0.132 e. The Morgan fingerprint density at radius 2 is 1.77 bits per heavy atom. The van der Waals surface area contributed by atoms with Crippen molar-refractivity contribution < 1.29 is 4.39 Å². The van der Waals surface area contributed by atoms with Crippen molar-refractivity contribution in [3.05, 3.63) is 78.0 Å². The number of pyridine rings is 3. The topological polar surface area (TPSA) is 85.9 Å². The van der Waals surface area contributed by atoms with E-state index in [4.69, 9.17) is 16.6 Å². The van der Waals surface area contributed by atoms with Gasteiger partial charge in [0.05, 0.1) is 40.5 Å². The molecule has 0 unspecified atom stereocenters. The molecule has 0 radical (unpaired) electrons. The van der Waals surface area contributed by atoms with E-state index in [1.807, 2.05) is 30.5 Å². The second-order valence-corrected chi connectivity index (χ2v) is 10.3. The first-order chi connectivity index (χ1) is 18.9. The molecular formula is C29H28ClFN8. The van der Waals surface area contributed by atoms with Crippen molar-refractivity contribution in [2.75, 3.05) is 36.4 Å². The highest BCUT2D eigenvalue weighted by Gasteiger charge is 2.19. The zero-order chi connectivity index (χ0) is 26.9. The lowest BCUT2D eigenvalue weighted by Gasteiger charge is -2.38. The fraction of sp³-hybridized carbons (Fsp3) is 0.241. The first-order valence-electron chi connectivity index (χ1n) is 12.9. The van der Waals surface area contributed by atoms with Crippen LogP contribution in [0.15, 0.2) is 67.1 Å². The predicted molar refractivity (Wildman–Crippen MR) is 154 cm³/mol. The van der Waals surface area contributed by atoms with Gasteiger partial charge in [0.2, 0.25) is 0 Å². The van der Waals surface area contributed by atoms with E-state index in [0.29, 0.717) is 39.1 Å². The number of benzene rings is 1. The number of nitrogens with one attached hydrogen (secondary N) is 2. The van der Waals surface area contributed by atoms with Crippen molar-refractivity contribution in [1.82, 2.24) is 30.0 Å². The Kier molecular flexibility index (Phi) is 6.85. The molecule has 1 saturated heterocycles. The molecule has 5 heterocycles. The summed E-state index contributed by atoms with van der Waals surface area (Å²) in [5.41, 5.74) is 5.39. The van der Waals surface area contributed by atoms with Gasteiger partial charge in [-0.1, -0.05) is 11.6 Å². The number of piperazine rings is 1. The lowest BCUT2D eigenvalue weighted by atomic mass is 10.0. The van der Waals surface area contributed by atoms with Crippen molar-refractivity contribution in [3.63, 3.8) is 0 Å². The van der Waals surface area contributed by atoms with E-state index in [9.17, 15) is 4.39 Å². The minimum absolute atomic E-state index is 0.311. The van der Waals surface area contributed by atoms with Crippen LogP contribution in [0, 0.1) is 5.82 Å². The van der Waals surface area contributed by atoms with Gasteiger partial charge < -0.3 is 10.2 Å². The summed E-state index contributed by atoms with van der Waals surface area (Å²) in [5, 5.41) is 10.9. The molecule has 0 amide bonds. The number of fused-ring (bicyclic) bond motifs is 1. The van der Waals surface area contributed by atoms with Crippen LogP contribution in [0.2, 0.25) is 5.02 Å². The number of aromatic nitrogens is 5. The third-order valence-electron chi connectivity index (χ3n) is 7.07. The van der Waals surface area contributed by atoms with Crippen LogP contribution in [0.25, 0.3) is 33.5 Å².